The minimum atomic E-state index is -3.56. The maximum Gasteiger partial charge on any atom is 0.255 e. The van der Waals surface area contributed by atoms with Gasteiger partial charge in [-0.15, -0.1) is 0 Å². The zero-order valence-electron chi connectivity index (χ0n) is 16.9. The monoisotopic (exact) mass is 406 g/mol. The van der Waals surface area contributed by atoms with Gasteiger partial charge in [0.2, 0.25) is 10.0 Å². The van der Waals surface area contributed by atoms with Crippen LogP contribution in [-0.4, -0.2) is 32.8 Å². The number of phenols is 1. The number of aromatic hydroxyl groups is 1. The van der Waals surface area contributed by atoms with Gasteiger partial charge in [-0.3, -0.25) is 9.52 Å². The topological polar surface area (TPSA) is 105 Å². The van der Waals surface area contributed by atoms with E-state index in [1.54, 1.807) is 31.2 Å². The van der Waals surface area contributed by atoms with Gasteiger partial charge in [-0.05, 0) is 53.8 Å². The molecule has 8 heteroatoms. The lowest BCUT2D eigenvalue weighted by Gasteiger charge is -2.24. The van der Waals surface area contributed by atoms with E-state index in [2.05, 4.69) is 10.0 Å². The number of methoxy groups -OCH3 is 1. The van der Waals surface area contributed by atoms with Gasteiger partial charge in [-0.2, -0.15) is 0 Å². The van der Waals surface area contributed by atoms with Gasteiger partial charge in [-0.1, -0.05) is 20.8 Å². The van der Waals surface area contributed by atoms with E-state index in [9.17, 15) is 18.3 Å². The first kappa shape index (κ1) is 21.6. The van der Waals surface area contributed by atoms with Gasteiger partial charge in [-0.25, -0.2) is 8.42 Å². The molecule has 0 atom stereocenters. The van der Waals surface area contributed by atoms with Crippen LogP contribution >= 0.6 is 0 Å². The number of amides is 1. The molecular weight excluding hydrogens is 380 g/mol. The number of aryl methyl sites for hydroxylation is 1. The van der Waals surface area contributed by atoms with Crippen molar-refractivity contribution < 1.29 is 23.1 Å². The summed E-state index contributed by atoms with van der Waals surface area (Å²) in [5, 5.41) is 12.5. The molecule has 2 aromatic rings. The molecule has 3 N–H and O–H groups in total. The minimum Gasteiger partial charge on any atom is -0.508 e. The van der Waals surface area contributed by atoms with Gasteiger partial charge in [0.05, 0.1) is 24.7 Å². The average Bonchev–Trinajstić information content (AvgIpc) is 2.51. The van der Waals surface area contributed by atoms with E-state index >= 15 is 0 Å². The van der Waals surface area contributed by atoms with Crippen LogP contribution in [0.4, 0.5) is 11.4 Å². The Bertz CT molecular complexity index is 988. The van der Waals surface area contributed by atoms with E-state index in [4.69, 9.17) is 4.74 Å². The van der Waals surface area contributed by atoms with Crippen molar-refractivity contribution in [2.24, 2.45) is 0 Å². The lowest BCUT2D eigenvalue weighted by Crippen LogP contribution is -2.18. The zero-order chi connectivity index (χ0) is 21.3. The average molecular weight is 407 g/mol. The van der Waals surface area contributed by atoms with E-state index in [1.807, 2.05) is 20.8 Å². The Morgan fingerprint density at radius 3 is 2.18 bits per heavy atom. The van der Waals surface area contributed by atoms with Crippen LogP contribution in [0.25, 0.3) is 0 Å². The number of carbonyl (C=O) groups is 1. The third kappa shape index (κ3) is 5.39. The van der Waals surface area contributed by atoms with Crippen molar-refractivity contribution in [3.05, 3.63) is 47.0 Å². The quantitative estimate of drug-likeness (QED) is 0.703. The number of benzene rings is 2. The first-order chi connectivity index (χ1) is 12.8. The fourth-order valence-electron chi connectivity index (χ4n) is 2.74. The van der Waals surface area contributed by atoms with Gasteiger partial charge in [0, 0.05) is 5.56 Å². The number of hydrogen-bond acceptors (Lipinski definition) is 5. The Hall–Kier alpha value is -2.74. The smallest absolute Gasteiger partial charge is 0.255 e. The van der Waals surface area contributed by atoms with Crippen LogP contribution in [0.3, 0.4) is 0 Å². The second kappa shape index (κ2) is 7.71. The number of phenolic OH excluding ortho intramolecular Hbond substituents is 1. The summed E-state index contributed by atoms with van der Waals surface area (Å²) in [6, 6.07) is 7.99. The summed E-state index contributed by atoms with van der Waals surface area (Å²) in [5.74, 6) is -0.266. The summed E-state index contributed by atoms with van der Waals surface area (Å²) in [4.78, 5) is 12.7. The van der Waals surface area contributed by atoms with Crippen molar-refractivity contribution in [3.8, 4) is 11.5 Å². The number of rotatable bonds is 5. The van der Waals surface area contributed by atoms with Crippen molar-refractivity contribution >= 4 is 27.3 Å². The number of sulfonamides is 1. The normalized spacial score (nSPS) is 11.8. The highest BCUT2D eigenvalue weighted by molar-refractivity contribution is 7.92. The predicted molar refractivity (Wildman–Crippen MR) is 111 cm³/mol. The molecular formula is C20H26N2O5S. The lowest BCUT2D eigenvalue weighted by atomic mass is 9.86. The second-order valence-electron chi connectivity index (χ2n) is 7.74. The summed E-state index contributed by atoms with van der Waals surface area (Å²) in [7, 11) is -2.16. The van der Waals surface area contributed by atoms with E-state index in [0.717, 1.165) is 17.4 Å². The summed E-state index contributed by atoms with van der Waals surface area (Å²) in [5.41, 5.74) is 2.08. The number of ether oxygens (including phenoxy) is 1. The van der Waals surface area contributed by atoms with Crippen LogP contribution in [-0.2, 0) is 15.4 Å². The third-order valence-electron chi connectivity index (χ3n) is 4.03. The molecule has 0 aromatic heterocycles. The standard InChI is InChI=1S/C20H26N2O5S/c1-12-7-13(9-15(23)8-12)19(24)21-16-10-14(20(2,3)4)11-17(18(16)27-5)22-28(6,25)26/h7-11,22-23H,1-6H3,(H,21,24). The largest absolute Gasteiger partial charge is 0.508 e. The van der Waals surface area contributed by atoms with Crippen molar-refractivity contribution in [3.63, 3.8) is 0 Å². The summed E-state index contributed by atoms with van der Waals surface area (Å²) >= 11 is 0. The number of carbonyl (C=O) groups excluding carboxylic acids is 1. The summed E-state index contributed by atoms with van der Waals surface area (Å²) in [6.07, 6.45) is 1.05. The molecule has 0 fully saturated rings. The van der Waals surface area contributed by atoms with Crippen LogP contribution in [0.5, 0.6) is 11.5 Å². The van der Waals surface area contributed by atoms with E-state index in [-0.39, 0.29) is 28.2 Å². The maximum absolute atomic E-state index is 12.7. The highest BCUT2D eigenvalue weighted by Crippen LogP contribution is 2.39. The maximum atomic E-state index is 12.7. The van der Waals surface area contributed by atoms with Gasteiger partial charge in [0.1, 0.15) is 5.75 Å². The van der Waals surface area contributed by atoms with Crippen LogP contribution in [0.1, 0.15) is 42.3 Å². The number of hydrogen-bond donors (Lipinski definition) is 3. The highest BCUT2D eigenvalue weighted by atomic mass is 32.2. The fourth-order valence-corrected chi connectivity index (χ4v) is 3.29. The van der Waals surface area contributed by atoms with Crippen molar-refractivity contribution in [2.75, 3.05) is 23.4 Å². The SMILES string of the molecule is COc1c(NC(=O)c2cc(C)cc(O)c2)cc(C(C)(C)C)cc1NS(C)(=O)=O. The highest BCUT2D eigenvalue weighted by Gasteiger charge is 2.22. The Balaban J connectivity index is 2.57. The van der Waals surface area contributed by atoms with Gasteiger partial charge >= 0.3 is 0 Å². The van der Waals surface area contributed by atoms with Crippen LogP contribution < -0.4 is 14.8 Å². The predicted octanol–water partition coefficient (Wildman–Crippen LogP) is 3.63. The molecule has 7 nitrogen and oxygen atoms in total. The molecule has 0 spiro atoms. The summed E-state index contributed by atoms with van der Waals surface area (Å²) < 4.78 is 31.4. The molecule has 0 saturated carbocycles. The molecule has 0 unspecified atom stereocenters. The molecule has 0 radical (unpaired) electrons. The van der Waals surface area contributed by atoms with Crippen molar-refractivity contribution in [1.29, 1.82) is 0 Å². The lowest BCUT2D eigenvalue weighted by molar-refractivity contribution is 0.102. The molecule has 0 aliphatic rings. The number of nitrogens with one attached hydrogen (secondary N) is 2. The van der Waals surface area contributed by atoms with E-state index < -0.39 is 15.9 Å². The van der Waals surface area contributed by atoms with E-state index in [1.165, 1.54) is 13.2 Å². The number of anilines is 2. The van der Waals surface area contributed by atoms with Crippen molar-refractivity contribution in [1.82, 2.24) is 0 Å². The Kier molecular flexibility index (Phi) is 5.94. The van der Waals surface area contributed by atoms with Crippen LogP contribution in [0, 0.1) is 6.92 Å². The molecule has 152 valence electrons. The zero-order valence-corrected chi connectivity index (χ0v) is 17.7. The van der Waals surface area contributed by atoms with Gasteiger partial charge < -0.3 is 15.2 Å². The minimum absolute atomic E-state index is 0.0139. The molecule has 0 bridgehead atoms. The molecule has 0 saturated heterocycles. The molecule has 2 rings (SSSR count). The Labute approximate surface area is 165 Å². The molecule has 0 aliphatic heterocycles. The van der Waals surface area contributed by atoms with Crippen LogP contribution in [0.15, 0.2) is 30.3 Å². The molecule has 0 heterocycles. The fraction of sp³-hybridized carbons (Fsp3) is 0.350. The van der Waals surface area contributed by atoms with Crippen molar-refractivity contribution in [2.45, 2.75) is 33.1 Å². The third-order valence-corrected chi connectivity index (χ3v) is 4.62. The second-order valence-corrected chi connectivity index (χ2v) is 9.49. The molecule has 2 aromatic carbocycles. The molecule has 28 heavy (non-hydrogen) atoms. The van der Waals surface area contributed by atoms with Gasteiger partial charge in [0.15, 0.2) is 5.75 Å². The Morgan fingerprint density at radius 2 is 1.68 bits per heavy atom. The first-order valence-corrected chi connectivity index (χ1v) is 10.5. The molecule has 1 amide bonds. The molecule has 0 aliphatic carbocycles. The first-order valence-electron chi connectivity index (χ1n) is 8.62. The van der Waals surface area contributed by atoms with E-state index in [0.29, 0.717) is 5.69 Å². The summed E-state index contributed by atoms with van der Waals surface area (Å²) in [6.45, 7) is 7.70. The van der Waals surface area contributed by atoms with Gasteiger partial charge in [0.25, 0.3) is 5.91 Å². The van der Waals surface area contributed by atoms with Crippen LogP contribution in [0.2, 0.25) is 0 Å². The Morgan fingerprint density at radius 1 is 1.07 bits per heavy atom.